The summed E-state index contributed by atoms with van der Waals surface area (Å²) in [5.74, 6) is -2.47. The lowest BCUT2D eigenvalue weighted by Gasteiger charge is -2.41. The summed E-state index contributed by atoms with van der Waals surface area (Å²) in [5, 5.41) is 10.3. The van der Waals surface area contributed by atoms with E-state index in [1.165, 1.54) is 6.08 Å². The molecule has 3 aliphatic rings. The first-order chi connectivity index (χ1) is 17.6. The van der Waals surface area contributed by atoms with Crippen LogP contribution in [0.1, 0.15) is 50.5 Å². The van der Waals surface area contributed by atoms with Crippen LogP contribution >= 0.6 is 0 Å². The Hall–Kier alpha value is -2.11. The van der Waals surface area contributed by atoms with E-state index in [1.807, 2.05) is 6.07 Å². The van der Waals surface area contributed by atoms with E-state index in [1.54, 1.807) is 24.5 Å². The molecule has 1 N–H and O–H groups in total. The number of fused-ring (bicyclic) bond motifs is 1. The molecule has 204 valence electrons. The molecule has 37 heavy (non-hydrogen) atoms. The lowest BCUT2D eigenvalue weighted by Crippen LogP contribution is -2.57. The second-order valence-electron chi connectivity index (χ2n) is 11.5. The van der Waals surface area contributed by atoms with Crippen molar-refractivity contribution >= 4 is 26.1 Å². The molecule has 1 aromatic rings. The van der Waals surface area contributed by atoms with E-state index in [0.29, 0.717) is 6.61 Å². The number of carboxylic acids is 1. The smallest absolute Gasteiger partial charge is 0.336 e. The fourth-order valence-electron chi connectivity index (χ4n) is 5.23. The van der Waals surface area contributed by atoms with Gasteiger partial charge in [-0.3, -0.25) is 4.98 Å². The number of aromatic nitrogens is 1. The number of hydrogen-bond donors (Lipinski definition) is 1. The summed E-state index contributed by atoms with van der Waals surface area (Å²) in [6, 6.07) is 4.54. The molecule has 0 unspecified atom stereocenters. The highest BCUT2D eigenvalue weighted by Crippen LogP contribution is 2.48. The van der Waals surface area contributed by atoms with Crippen molar-refractivity contribution in [2.24, 2.45) is 0 Å². The predicted molar refractivity (Wildman–Crippen MR) is 138 cm³/mol. The Bertz CT molecular complexity index is 959. The minimum absolute atomic E-state index is 0.0488. The first-order valence-corrected chi connectivity index (χ1v) is 16.9. The van der Waals surface area contributed by atoms with E-state index >= 15 is 0 Å². The maximum atomic E-state index is 12.8. The number of rotatable bonds is 10. The van der Waals surface area contributed by atoms with E-state index in [-0.39, 0.29) is 19.6 Å². The Labute approximate surface area is 219 Å². The van der Waals surface area contributed by atoms with Crippen LogP contribution in [0.5, 0.6) is 0 Å². The monoisotopic (exact) mass is 533 g/mol. The number of carbonyl (C=O) groups is 2. The third-order valence-electron chi connectivity index (χ3n) is 7.30. The molecule has 1 spiro atoms. The molecule has 10 heteroatoms. The van der Waals surface area contributed by atoms with Crippen LogP contribution in [0.4, 0.5) is 0 Å². The zero-order valence-corrected chi connectivity index (χ0v) is 23.0. The van der Waals surface area contributed by atoms with E-state index in [4.69, 9.17) is 23.7 Å². The predicted octanol–water partition coefficient (Wildman–Crippen LogP) is 4.40. The summed E-state index contributed by atoms with van der Waals surface area (Å²) in [4.78, 5) is 29.4. The first-order valence-electron chi connectivity index (χ1n) is 13.2. The maximum absolute atomic E-state index is 12.8. The molecular weight excluding hydrogens is 494 g/mol. The van der Waals surface area contributed by atoms with Gasteiger partial charge < -0.3 is 28.8 Å². The van der Waals surface area contributed by atoms with Crippen molar-refractivity contribution in [2.75, 3.05) is 13.4 Å². The molecule has 0 amide bonds. The highest BCUT2D eigenvalue weighted by molar-refractivity contribution is 6.76. The van der Waals surface area contributed by atoms with Crippen molar-refractivity contribution in [1.29, 1.82) is 0 Å². The second-order valence-corrected chi connectivity index (χ2v) is 17.1. The van der Waals surface area contributed by atoms with Crippen LogP contribution in [-0.4, -0.2) is 73.2 Å². The van der Waals surface area contributed by atoms with E-state index < -0.39 is 49.7 Å². The van der Waals surface area contributed by atoms with Crippen LogP contribution < -0.4 is 0 Å². The SMILES string of the molecule is C[Si](C)(C)CCOCO[C@]1(C(=O)O)C[C@@H](OC(=O)/C=C/c2cccnc2)[C@@H]2OC3(CCCCC3)O[C@@H]2C1. The number of ether oxygens (including phenoxy) is 5. The number of pyridine rings is 1. The van der Waals surface area contributed by atoms with Gasteiger partial charge in [0.15, 0.2) is 11.4 Å². The third-order valence-corrected chi connectivity index (χ3v) is 9.00. The molecule has 2 saturated carbocycles. The lowest BCUT2D eigenvalue weighted by atomic mass is 9.79. The van der Waals surface area contributed by atoms with Crippen LogP contribution in [0.3, 0.4) is 0 Å². The van der Waals surface area contributed by atoms with Gasteiger partial charge in [0, 0.05) is 58.8 Å². The molecule has 2 heterocycles. The molecule has 4 atom stereocenters. The van der Waals surface area contributed by atoms with Crippen molar-refractivity contribution in [3.05, 3.63) is 36.2 Å². The van der Waals surface area contributed by atoms with E-state index in [0.717, 1.165) is 43.7 Å². The summed E-state index contributed by atoms with van der Waals surface area (Å²) in [6.07, 6.45) is 8.83. The van der Waals surface area contributed by atoms with Crippen LogP contribution in [0.15, 0.2) is 30.6 Å². The van der Waals surface area contributed by atoms with Crippen molar-refractivity contribution in [3.8, 4) is 0 Å². The molecule has 0 radical (unpaired) electrons. The standard InChI is InChI=1S/C27H39NO8Si/c1-37(2,3)15-14-32-19-33-26(25(30)31)16-21(34-23(29)10-9-20-8-7-13-28-18-20)24-22(17-26)35-27(36-24)11-5-4-6-12-27/h7-10,13,18,21-22,24H,4-6,11-12,14-17,19H2,1-3H3,(H,30,31)/b10-9+/t21-,22-,24+,26-/m1/s1. The van der Waals surface area contributed by atoms with E-state index in [2.05, 4.69) is 24.6 Å². The number of carboxylic acid groups (broad SMARTS) is 1. The van der Waals surface area contributed by atoms with Crippen LogP contribution in [-0.2, 0) is 33.3 Å². The first kappa shape index (κ1) is 27.9. The second kappa shape index (κ2) is 11.7. The Kier molecular flexibility index (Phi) is 8.85. The molecule has 1 aliphatic heterocycles. The van der Waals surface area contributed by atoms with Crippen molar-refractivity contribution in [1.82, 2.24) is 4.98 Å². The average molecular weight is 534 g/mol. The Balaban J connectivity index is 1.49. The zero-order chi connectivity index (χ0) is 26.5. The van der Waals surface area contributed by atoms with Gasteiger partial charge in [-0.15, -0.1) is 0 Å². The Morgan fingerprint density at radius 3 is 2.65 bits per heavy atom. The number of nitrogens with zero attached hydrogens (tertiary/aromatic N) is 1. The molecular formula is C27H39NO8Si. The van der Waals surface area contributed by atoms with Gasteiger partial charge in [-0.1, -0.05) is 32.1 Å². The Morgan fingerprint density at radius 1 is 1.19 bits per heavy atom. The number of esters is 1. The van der Waals surface area contributed by atoms with Gasteiger partial charge in [0.05, 0.1) is 6.10 Å². The van der Waals surface area contributed by atoms with Crippen LogP contribution in [0, 0.1) is 0 Å². The van der Waals surface area contributed by atoms with Gasteiger partial charge in [-0.2, -0.15) is 0 Å². The zero-order valence-electron chi connectivity index (χ0n) is 22.0. The molecule has 2 aliphatic carbocycles. The van der Waals surface area contributed by atoms with Crippen molar-refractivity contribution in [3.63, 3.8) is 0 Å². The topological polar surface area (TPSA) is 113 Å². The molecule has 0 bridgehead atoms. The summed E-state index contributed by atoms with van der Waals surface area (Å²) in [7, 11) is -1.29. The molecule has 1 saturated heterocycles. The van der Waals surface area contributed by atoms with Gasteiger partial charge in [0.1, 0.15) is 19.0 Å². The molecule has 3 fully saturated rings. The minimum Gasteiger partial charge on any atom is -0.479 e. The highest BCUT2D eigenvalue weighted by Gasteiger charge is 2.61. The quantitative estimate of drug-likeness (QED) is 0.154. The summed E-state index contributed by atoms with van der Waals surface area (Å²) < 4.78 is 30.2. The number of aliphatic carboxylic acids is 1. The summed E-state index contributed by atoms with van der Waals surface area (Å²) in [5.41, 5.74) is -0.858. The summed E-state index contributed by atoms with van der Waals surface area (Å²) >= 11 is 0. The normalized spacial score (nSPS) is 29.3. The van der Waals surface area contributed by atoms with Gasteiger partial charge in [-0.05, 0) is 36.6 Å². The average Bonchev–Trinajstić information content (AvgIpc) is 3.20. The van der Waals surface area contributed by atoms with E-state index in [9.17, 15) is 14.7 Å². The molecule has 9 nitrogen and oxygen atoms in total. The molecule has 0 aromatic carbocycles. The third kappa shape index (κ3) is 7.26. The molecule has 4 rings (SSSR count). The van der Waals surface area contributed by atoms with Gasteiger partial charge >= 0.3 is 11.9 Å². The highest BCUT2D eigenvalue weighted by atomic mass is 28.3. The van der Waals surface area contributed by atoms with Crippen LogP contribution in [0.2, 0.25) is 25.7 Å². The van der Waals surface area contributed by atoms with Gasteiger partial charge in [0.25, 0.3) is 0 Å². The van der Waals surface area contributed by atoms with Gasteiger partial charge in [0.2, 0.25) is 0 Å². The van der Waals surface area contributed by atoms with Crippen molar-refractivity contribution in [2.45, 2.75) is 100 Å². The largest absolute Gasteiger partial charge is 0.479 e. The lowest BCUT2D eigenvalue weighted by molar-refractivity contribution is -0.214. The maximum Gasteiger partial charge on any atom is 0.336 e. The number of hydrogen-bond acceptors (Lipinski definition) is 8. The summed E-state index contributed by atoms with van der Waals surface area (Å²) in [6.45, 7) is 7.10. The van der Waals surface area contributed by atoms with Crippen LogP contribution in [0.25, 0.3) is 6.08 Å². The molecule has 1 aromatic heterocycles. The minimum atomic E-state index is -1.61. The fourth-order valence-corrected chi connectivity index (χ4v) is 5.98. The number of carbonyl (C=O) groups excluding carboxylic acids is 1. The fraction of sp³-hybridized carbons (Fsp3) is 0.667. The van der Waals surface area contributed by atoms with Crippen molar-refractivity contribution < 1.29 is 38.4 Å². The van der Waals surface area contributed by atoms with Gasteiger partial charge in [-0.25, -0.2) is 9.59 Å². The Morgan fingerprint density at radius 2 is 1.97 bits per heavy atom.